The summed E-state index contributed by atoms with van der Waals surface area (Å²) in [6, 6.07) is 13.1. The van der Waals surface area contributed by atoms with Crippen molar-refractivity contribution in [1.29, 1.82) is 0 Å². The van der Waals surface area contributed by atoms with Crippen LogP contribution >= 0.6 is 11.3 Å². The van der Waals surface area contributed by atoms with Crippen LogP contribution in [0.15, 0.2) is 42.5 Å². The summed E-state index contributed by atoms with van der Waals surface area (Å²) in [5, 5.41) is 13.6. The van der Waals surface area contributed by atoms with E-state index in [9.17, 15) is 14.9 Å². The summed E-state index contributed by atoms with van der Waals surface area (Å²) < 4.78 is 0. The summed E-state index contributed by atoms with van der Waals surface area (Å²) in [5.74, 6) is -0.236. The van der Waals surface area contributed by atoms with Crippen molar-refractivity contribution in [3.63, 3.8) is 0 Å². The summed E-state index contributed by atoms with van der Waals surface area (Å²) in [4.78, 5) is 22.8. The molecule has 1 amide bonds. The number of nitrogens with one attached hydrogen (secondary N) is 1. The Bertz CT molecular complexity index is 692. The fourth-order valence-electron chi connectivity index (χ4n) is 2.85. The molecule has 22 heavy (non-hydrogen) atoms. The molecule has 1 saturated carbocycles. The van der Waals surface area contributed by atoms with Gasteiger partial charge in [-0.3, -0.25) is 14.9 Å². The van der Waals surface area contributed by atoms with Gasteiger partial charge >= 0.3 is 5.00 Å². The second-order valence-corrected chi connectivity index (χ2v) is 6.64. The van der Waals surface area contributed by atoms with Gasteiger partial charge in [0.05, 0.1) is 9.80 Å². The second kappa shape index (κ2) is 5.88. The van der Waals surface area contributed by atoms with Crippen LogP contribution in [0.5, 0.6) is 0 Å². The predicted octanol–water partition coefficient (Wildman–Crippen LogP) is 3.51. The van der Waals surface area contributed by atoms with Crippen LogP contribution in [0, 0.1) is 10.1 Å². The molecule has 1 aromatic heterocycles. The van der Waals surface area contributed by atoms with E-state index in [2.05, 4.69) is 17.4 Å². The zero-order valence-electron chi connectivity index (χ0n) is 12.0. The van der Waals surface area contributed by atoms with Crippen molar-refractivity contribution in [3.05, 3.63) is 63.0 Å². The minimum absolute atomic E-state index is 0.00781. The number of nitrogens with zero attached hydrogens (tertiary/aromatic N) is 1. The normalized spacial score (nSPS) is 15.8. The average Bonchev–Trinajstić information content (AvgIpc) is 2.97. The van der Waals surface area contributed by atoms with Crippen LogP contribution in [0.3, 0.4) is 0 Å². The van der Waals surface area contributed by atoms with Gasteiger partial charge in [0.25, 0.3) is 5.91 Å². The Morgan fingerprint density at radius 1 is 1.23 bits per heavy atom. The molecule has 0 unspecified atom stereocenters. The highest BCUT2D eigenvalue weighted by Gasteiger charge is 2.38. The molecule has 0 bridgehead atoms. The molecule has 6 heteroatoms. The van der Waals surface area contributed by atoms with E-state index in [1.807, 2.05) is 18.2 Å². The molecule has 0 radical (unpaired) electrons. The molecule has 1 aliphatic rings. The number of carbonyl (C=O) groups excluding carboxylic acids is 1. The minimum atomic E-state index is -0.473. The Morgan fingerprint density at radius 3 is 2.50 bits per heavy atom. The molecule has 3 rings (SSSR count). The summed E-state index contributed by atoms with van der Waals surface area (Å²) in [7, 11) is 0. The van der Waals surface area contributed by atoms with Crippen LogP contribution < -0.4 is 5.32 Å². The van der Waals surface area contributed by atoms with Crippen LogP contribution in [0.1, 0.15) is 34.5 Å². The molecule has 0 aliphatic heterocycles. The maximum atomic E-state index is 12.2. The van der Waals surface area contributed by atoms with Crippen LogP contribution in [-0.4, -0.2) is 17.4 Å². The van der Waals surface area contributed by atoms with E-state index in [0.717, 1.165) is 30.6 Å². The topological polar surface area (TPSA) is 72.2 Å². The summed E-state index contributed by atoms with van der Waals surface area (Å²) in [6.45, 7) is 0.571. The third-order valence-corrected chi connectivity index (χ3v) is 5.32. The van der Waals surface area contributed by atoms with E-state index < -0.39 is 4.92 Å². The molecular formula is C16H16N2O3S. The first-order valence-electron chi connectivity index (χ1n) is 7.19. The molecule has 0 spiro atoms. The van der Waals surface area contributed by atoms with Crippen molar-refractivity contribution >= 4 is 22.2 Å². The molecule has 1 aromatic carbocycles. The van der Waals surface area contributed by atoms with Crippen molar-refractivity contribution in [1.82, 2.24) is 5.32 Å². The first kappa shape index (κ1) is 14.7. The van der Waals surface area contributed by atoms with Gasteiger partial charge in [0, 0.05) is 18.0 Å². The fraction of sp³-hybridized carbons (Fsp3) is 0.312. The highest BCUT2D eigenvalue weighted by Crippen LogP contribution is 2.43. The number of carbonyl (C=O) groups is 1. The third-order valence-electron chi connectivity index (χ3n) is 4.28. The first-order chi connectivity index (χ1) is 10.6. The summed E-state index contributed by atoms with van der Waals surface area (Å²) >= 11 is 0.910. The van der Waals surface area contributed by atoms with Gasteiger partial charge in [0.2, 0.25) is 0 Å². The number of hydrogen-bond donors (Lipinski definition) is 1. The van der Waals surface area contributed by atoms with E-state index >= 15 is 0 Å². The number of thiophene rings is 1. The second-order valence-electron chi connectivity index (χ2n) is 5.58. The highest BCUT2D eigenvalue weighted by atomic mass is 32.1. The Balaban J connectivity index is 1.68. The van der Waals surface area contributed by atoms with Gasteiger partial charge in [-0.15, -0.1) is 0 Å². The van der Waals surface area contributed by atoms with Gasteiger partial charge in [0.15, 0.2) is 0 Å². The maximum Gasteiger partial charge on any atom is 0.324 e. The van der Waals surface area contributed by atoms with Gasteiger partial charge in [-0.05, 0) is 24.5 Å². The van der Waals surface area contributed by atoms with Crippen LogP contribution in [-0.2, 0) is 5.41 Å². The highest BCUT2D eigenvalue weighted by molar-refractivity contribution is 7.17. The number of rotatable bonds is 5. The van der Waals surface area contributed by atoms with Crippen molar-refractivity contribution < 1.29 is 9.72 Å². The van der Waals surface area contributed by atoms with Crippen molar-refractivity contribution in [2.75, 3.05) is 6.54 Å². The number of hydrogen-bond acceptors (Lipinski definition) is 4. The Hall–Kier alpha value is -2.21. The summed E-state index contributed by atoms with van der Waals surface area (Å²) in [5.41, 5.74) is 1.26. The zero-order chi connectivity index (χ0) is 15.6. The van der Waals surface area contributed by atoms with Crippen molar-refractivity contribution in [3.8, 4) is 0 Å². The Morgan fingerprint density at radius 2 is 1.95 bits per heavy atom. The molecule has 0 saturated heterocycles. The van der Waals surface area contributed by atoms with Gasteiger partial charge in [-0.2, -0.15) is 0 Å². The van der Waals surface area contributed by atoms with E-state index in [1.54, 1.807) is 0 Å². The van der Waals surface area contributed by atoms with Crippen molar-refractivity contribution in [2.45, 2.75) is 24.7 Å². The number of amides is 1. The van der Waals surface area contributed by atoms with Gasteiger partial charge in [-0.25, -0.2) is 0 Å². The fourth-order valence-corrected chi connectivity index (χ4v) is 3.58. The maximum absolute atomic E-state index is 12.2. The third kappa shape index (κ3) is 2.74. The molecule has 5 nitrogen and oxygen atoms in total. The molecular weight excluding hydrogens is 300 g/mol. The smallest absolute Gasteiger partial charge is 0.324 e. The van der Waals surface area contributed by atoms with E-state index in [1.165, 1.54) is 17.7 Å². The van der Waals surface area contributed by atoms with E-state index in [0.29, 0.717) is 11.4 Å². The molecule has 114 valence electrons. The molecule has 1 heterocycles. The van der Waals surface area contributed by atoms with Crippen LogP contribution in [0.25, 0.3) is 0 Å². The lowest BCUT2D eigenvalue weighted by Crippen LogP contribution is -2.45. The molecule has 1 fully saturated rings. The van der Waals surface area contributed by atoms with Crippen molar-refractivity contribution in [2.24, 2.45) is 0 Å². The lowest BCUT2D eigenvalue weighted by molar-refractivity contribution is -0.380. The average molecular weight is 316 g/mol. The molecule has 1 N–H and O–H groups in total. The SMILES string of the molecule is O=C(NCC1(c2ccccc2)CCC1)c1ccc([N+](=O)[O-])s1. The molecule has 1 aliphatic carbocycles. The Kier molecular flexibility index (Phi) is 3.94. The van der Waals surface area contributed by atoms with Gasteiger partial charge in [-0.1, -0.05) is 48.1 Å². The van der Waals surface area contributed by atoms with E-state index in [-0.39, 0.29) is 16.3 Å². The molecule has 0 atom stereocenters. The molecule has 2 aromatic rings. The standard InChI is InChI=1S/C16H16N2O3S/c19-15(13-7-8-14(22-13)18(20)21)17-11-16(9-4-10-16)12-5-2-1-3-6-12/h1-3,5-8H,4,9-11H2,(H,17,19). The lowest BCUT2D eigenvalue weighted by Gasteiger charge is -2.42. The monoisotopic (exact) mass is 316 g/mol. The first-order valence-corrected chi connectivity index (χ1v) is 8.00. The van der Waals surface area contributed by atoms with Crippen LogP contribution in [0.4, 0.5) is 5.00 Å². The lowest BCUT2D eigenvalue weighted by atomic mass is 9.64. The largest absolute Gasteiger partial charge is 0.350 e. The van der Waals surface area contributed by atoms with Gasteiger partial charge < -0.3 is 5.32 Å². The summed E-state index contributed by atoms with van der Waals surface area (Å²) in [6.07, 6.45) is 3.28. The van der Waals surface area contributed by atoms with Crippen LogP contribution in [0.2, 0.25) is 0 Å². The number of benzene rings is 1. The minimum Gasteiger partial charge on any atom is -0.350 e. The van der Waals surface area contributed by atoms with E-state index in [4.69, 9.17) is 0 Å². The predicted molar refractivity (Wildman–Crippen MR) is 85.3 cm³/mol. The Labute approximate surface area is 132 Å². The quantitative estimate of drug-likeness (QED) is 0.677. The number of nitro groups is 1. The zero-order valence-corrected chi connectivity index (χ0v) is 12.8. The van der Waals surface area contributed by atoms with Gasteiger partial charge in [0.1, 0.15) is 0 Å².